The average molecular weight is 264 g/mol. The number of halogens is 1. The molecule has 1 unspecified atom stereocenters. The van der Waals surface area contributed by atoms with E-state index in [0.29, 0.717) is 18.7 Å². The molecule has 0 bridgehead atoms. The molecule has 0 aromatic heterocycles. The second-order valence-electron chi connectivity index (χ2n) is 4.80. The van der Waals surface area contributed by atoms with Gasteiger partial charge in [-0.1, -0.05) is 6.07 Å². The van der Waals surface area contributed by atoms with Gasteiger partial charge in [0.1, 0.15) is 5.82 Å². The van der Waals surface area contributed by atoms with Crippen molar-refractivity contribution < 1.29 is 14.0 Å². The van der Waals surface area contributed by atoms with E-state index in [1.165, 1.54) is 25.1 Å². The molecule has 4 nitrogen and oxygen atoms in total. The van der Waals surface area contributed by atoms with Gasteiger partial charge in [-0.2, -0.15) is 0 Å². The van der Waals surface area contributed by atoms with Crippen molar-refractivity contribution in [1.82, 2.24) is 10.2 Å². The van der Waals surface area contributed by atoms with Crippen LogP contribution in [0.2, 0.25) is 0 Å². The third-order valence-electron chi connectivity index (χ3n) is 3.19. The molecule has 0 spiro atoms. The standard InChI is InChI=1S/C14H17FN2O2/c1-10(18)16-13-6-3-7-17(9-13)14(19)11-4-2-5-12(15)8-11/h2,4-5,8,13H,3,6-7,9H2,1H3,(H,16,18). The monoisotopic (exact) mass is 264 g/mol. The lowest BCUT2D eigenvalue weighted by atomic mass is 10.0. The van der Waals surface area contributed by atoms with Gasteiger partial charge in [0.05, 0.1) is 0 Å². The van der Waals surface area contributed by atoms with Crippen LogP contribution in [0.3, 0.4) is 0 Å². The molecule has 1 atom stereocenters. The number of hydrogen-bond acceptors (Lipinski definition) is 2. The Balaban J connectivity index is 2.04. The van der Waals surface area contributed by atoms with E-state index in [1.54, 1.807) is 11.0 Å². The van der Waals surface area contributed by atoms with E-state index in [2.05, 4.69) is 5.32 Å². The summed E-state index contributed by atoms with van der Waals surface area (Å²) >= 11 is 0. The zero-order valence-electron chi connectivity index (χ0n) is 10.9. The molecule has 1 heterocycles. The zero-order valence-corrected chi connectivity index (χ0v) is 10.9. The SMILES string of the molecule is CC(=O)NC1CCCN(C(=O)c2cccc(F)c2)C1. The molecule has 5 heteroatoms. The topological polar surface area (TPSA) is 49.4 Å². The van der Waals surface area contributed by atoms with Gasteiger partial charge in [-0.15, -0.1) is 0 Å². The van der Waals surface area contributed by atoms with Gasteiger partial charge in [-0.05, 0) is 31.0 Å². The maximum atomic E-state index is 13.1. The molecule has 1 N–H and O–H groups in total. The van der Waals surface area contributed by atoms with E-state index >= 15 is 0 Å². The van der Waals surface area contributed by atoms with Crippen LogP contribution < -0.4 is 5.32 Å². The van der Waals surface area contributed by atoms with Crippen molar-refractivity contribution in [2.75, 3.05) is 13.1 Å². The van der Waals surface area contributed by atoms with Crippen LogP contribution in [0.15, 0.2) is 24.3 Å². The van der Waals surface area contributed by atoms with E-state index in [-0.39, 0.29) is 17.9 Å². The first-order valence-electron chi connectivity index (χ1n) is 6.38. The molecule has 1 aliphatic heterocycles. The molecular weight excluding hydrogens is 247 g/mol. The minimum atomic E-state index is -0.415. The van der Waals surface area contributed by atoms with Crippen LogP contribution in [0.1, 0.15) is 30.1 Å². The van der Waals surface area contributed by atoms with Gasteiger partial charge >= 0.3 is 0 Å². The van der Waals surface area contributed by atoms with Crippen LogP contribution in [-0.4, -0.2) is 35.8 Å². The van der Waals surface area contributed by atoms with Crippen LogP contribution in [0.5, 0.6) is 0 Å². The number of benzene rings is 1. The summed E-state index contributed by atoms with van der Waals surface area (Å²) in [4.78, 5) is 24.9. The fraction of sp³-hybridized carbons (Fsp3) is 0.429. The smallest absolute Gasteiger partial charge is 0.254 e. The largest absolute Gasteiger partial charge is 0.352 e. The lowest BCUT2D eigenvalue weighted by molar-refractivity contribution is -0.120. The Kier molecular flexibility index (Phi) is 4.14. The maximum absolute atomic E-state index is 13.1. The fourth-order valence-corrected chi connectivity index (χ4v) is 2.37. The third kappa shape index (κ3) is 3.53. The van der Waals surface area contributed by atoms with Gasteiger partial charge in [0.15, 0.2) is 0 Å². The van der Waals surface area contributed by atoms with Crippen LogP contribution >= 0.6 is 0 Å². The number of rotatable bonds is 2. The van der Waals surface area contributed by atoms with Crippen LogP contribution in [0.25, 0.3) is 0 Å². The van der Waals surface area contributed by atoms with Gasteiger partial charge in [0.2, 0.25) is 5.91 Å². The third-order valence-corrected chi connectivity index (χ3v) is 3.19. The Morgan fingerprint density at radius 1 is 1.42 bits per heavy atom. The number of nitrogens with one attached hydrogen (secondary N) is 1. The van der Waals surface area contributed by atoms with Gasteiger partial charge in [0.25, 0.3) is 5.91 Å². The maximum Gasteiger partial charge on any atom is 0.254 e. The van der Waals surface area contributed by atoms with E-state index in [4.69, 9.17) is 0 Å². The lowest BCUT2D eigenvalue weighted by Gasteiger charge is -2.33. The van der Waals surface area contributed by atoms with E-state index in [1.807, 2.05) is 0 Å². The molecule has 19 heavy (non-hydrogen) atoms. The second-order valence-corrected chi connectivity index (χ2v) is 4.80. The fourth-order valence-electron chi connectivity index (χ4n) is 2.37. The average Bonchev–Trinajstić information content (AvgIpc) is 2.37. The quantitative estimate of drug-likeness (QED) is 0.881. The summed E-state index contributed by atoms with van der Waals surface area (Å²) in [6, 6.07) is 5.67. The second kappa shape index (κ2) is 5.82. The van der Waals surface area contributed by atoms with Crippen molar-refractivity contribution in [1.29, 1.82) is 0 Å². The Morgan fingerprint density at radius 3 is 2.89 bits per heavy atom. The molecule has 0 radical (unpaired) electrons. The highest BCUT2D eigenvalue weighted by molar-refractivity contribution is 5.94. The summed E-state index contributed by atoms with van der Waals surface area (Å²) < 4.78 is 13.1. The van der Waals surface area contributed by atoms with E-state index in [0.717, 1.165) is 12.8 Å². The Hall–Kier alpha value is -1.91. The van der Waals surface area contributed by atoms with Crippen LogP contribution in [0, 0.1) is 5.82 Å². The van der Waals surface area contributed by atoms with Crippen molar-refractivity contribution in [2.24, 2.45) is 0 Å². The summed E-state index contributed by atoms with van der Waals surface area (Å²) in [5.41, 5.74) is 0.350. The normalized spacial score (nSPS) is 19.1. The number of piperidine rings is 1. The summed E-state index contributed by atoms with van der Waals surface area (Å²) in [7, 11) is 0. The molecule has 1 aromatic rings. The minimum absolute atomic E-state index is 0.0104. The Bertz CT molecular complexity index is 490. The molecular formula is C14H17FN2O2. The summed E-state index contributed by atoms with van der Waals surface area (Å²) in [5.74, 6) is -0.694. The van der Waals surface area contributed by atoms with Crippen molar-refractivity contribution in [3.8, 4) is 0 Å². The molecule has 1 aliphatic rings. The van der Waals surface area contributed by atoms with Crippen molar-refractivity contribution in [3.05, 3.63) is 35.6 Å². The summed E-state index contributed by atoms with van der Waals surface area (Å²) in [5, 5.41) is 2.82. The number of amides is 2. The number of nitrogens with zero attached hydrogens (tertiary/aromatic N) is 1. The van der Waals surface area contributed by atoms with Gasteiger partial charge < -0.3 is 10.2 Å². The van der Waals surface area contributed by atoms with Crippen LogP contribution in [-0.2, 0) is 4.79 Å². The van der Waals surface area contributed by atoms with Crippen molar-refractivity contribution >= 4 is 11.8 Å². The predicted octanol–water partition coefficient (Wildman–Crippen LogP) is 1.57. The highest BCUT2D eigenvalue weighted by atomic mass is 19.1. The molecule has 1 saturated heterocycles. The molecule has 0 saturated carbocycles. The van der Waals surface area contributed by atoms with E-state index < -0.39 is 5.82 Å². The molecule has 2 rings (SSSR count). The first-order chi connectivity index (χ1) is 9.06. The number of hydrogen-bond donors (Lipinski definition) is 1. The summed E-state index contributed by atoms with van der Waals surface area (Å²) in [6.45, 7) is 2.59. The zero-order chi connectivity index (χ0) is 13.8. The Labute approximate surface area is 111 Å². The Morgan fingerprint density at radius 2 is 2.21 bits per heavy atom. The molecule has 1 aromatic carbocycles. The highest BCUT2D eigenvalue weighted by Gasteiger charge is 2.24. The van der Waals surface area contributed by atoms with Crippen LogP contribution in [0.4, 0.5) is 4.39 Å². The molecule has 102 valence electrons. The highest BCUT2D eigenvalue weighted by Crippen LogP contribution is 2.14. The number of carbonyl (C=O) groups is 2. The number of likely N-dealkylation sites (tertiary alicyclic amines) is 1. The molecule has 1 fully saturated rings. The van der Waals surface area contributed by atoms with Gasteiger partial charge in [-0.3, -0.25) is 9.59 Å². The van der Waals surface area contributed by atoms with Crippen molar-refractivity contribution in [3.63, 3.8) is 0 Å². The first kappa shape index (κ1) is 13.5. The predicted molar refractivity (Wildman–Crippen MR) is 69.1 cm³/mol. The number of carbonyl (C=O) groups excluding carboxylic acids is 2. The lowest BCUT2D eigenvalue weighted by Crippen LogP contribution is -2.49. The molecule has 2 amide bonds. The molecule has 0 aliphatic carbocycles. The minimum Gasteiger partial charge on any atom is -0.352 e. The van der Waals surface area contributed by atoms with E-state index in [9.17, 15) is 14.0 Å². The van der Waals surface area contributed by atoms with Gasteiger partial charge in [-0.25, -0.2) is 4.39 Å². The first-order valence-corrected chi connectivity index (χ1v) is 6.38. The van der Waals surface area contributed by atoms with Crippen molar-refractivity contribution in [2.45, 2.75) is 25.8 Å². The van der Waals surface area contributed by atoms with Gasteiger partial charge in [0, 0.05) is 31.6 Å². The summed E-state index contributed by atoms with van der Waals surface area (Å²) in [6.07, 6.45) is 1.71.